The summed E-state index contributed by atoms with van der Waals surface area (Å²) in [5, 5.41) is 2.94. The zero-order valence-electron chi connectivity index (χ0n) is 19.9. The molecule has 3 aromatic rings. The van der Waals surface area contributed by atoms with Gasteiger partial charge in [0, 0.05) is 25.9 Å². The molecule has 0 aromatic heterocycles. The quantitative estimate of drug-likeness (QED) is 0.480. The first-order chi connectivity index (χ1) is 16.0. The number of aryl methyl sites for hydroxylation is 3. The fraction of sp³-hybridized carbons (Fsp3) is 0.310. The normalized spacial score (nSPS) is 11.6. The van der Waals surface area contributed by atoms with Gasteiger partial charge < -0.3 is 10.2 Å². The second-order valence-corrected chi connectivity index (χ2v) is 8.59. The Morgan fingerprint density at radius 2 is 1.36 bits per heavy atom. The van der Waals surface area contributed by atoms with E-state index < -0.39 is 6.04 Å². The topological polar surface area (TPSA) is 49.4 Å². The third kappa shape index (κ3) is 7.31. The number of nitrogens with zero attached hydrogens (tertiary/aromatic N) is 1. The summed E-state index contributed by atoms with van der Waals surface area (Å²) in [5.74, 6) is -0.125. The van der Waals surface area contributed by atoms with E-state index in [0.29, 0.717) is 32.4 Å². The molecular weight excluding hydrogens is 408 g/mol. The van der Waals surface area contributed by atoms with E-state index in [1.165, 1.54) is 11.1 Å². The van der Waals surface area contributed by atoms with Crippen LogP contribution in [0, 0.1) is 13.8 Å². The number of carbonyl (C=O) groups excluding carboxylic acids is 2. The smallest absolute Gasteiger partial charge is 0.243 e. The average Bonchev–Trinajstić information content (AvgIpc) is 2.82. The van der Waals surface area contributed by atoms with E-state index in [0.717, 1.165) is 16.7 Å². The lowest BCUT2D eigenvalue weighted by atomic mass is 10.0. The van der Waals surface area contributed by atoms with Crippen LogP contribution in [-0.2, 0) is 29.0 Å². The molecule has 0 spiro atoms. The standard InChI is InChI=1S/C29H34N2O2/c1-4-30-29(33)27(20-25-8-6-5-7-9-25)31(21-26-16-12-23(3)13-17-26)28(32)19-18-24-14-10-22(2)11-15-24/h5-17,27H,4,18-21H2,1-3H3,(H,30,33)/t27-/m1/s1. The first-order valence-electron chi connectivity index (χ1n) is 11.7. The van der Waals surface area contributed by atoms with Crippen LogP contribution in [0.25, 0.3) is 0 Å². The van der Waals surface area contributed by atoms with Gasteiger partial charge in [0.1, 0.15) is 6.04 Å². The molecule has 0 radical (unpaired) electrons. The van der Waals surface area contributed by atoms with Crippen molar-refractivity contribution in [2.24, 2.45) is 0 Å². The largest absolute Gasteiger partial charge is 0.355 e. The first-order valence-corrected chi connectivity index (χ1v) is 11.7. The van der Waals surface area contributed by atoms with Crippen molar-refractivity contribution in [2.45, 2.75) is 52.6 Å². The minimum Gasteiger partial charge on any atom is -0.355 e. The molecular formula is C29H34N2O2. The highest BCUT2D eigenvalue weighted by atomic mass is 16.2. The predicted octanol–water partition coefficient (Wildman–Crippen LogP) is 5.01. The molecule has 0 bridgehead atoms. The highest BCUT2D eigenvalue weighted by molar-refractivity contribution is 5.88. The SMILES string of the molecule is CCNC(=O)[C@@H](Cc1ccccc1)N(Cc1ccc(C)cc1)C(=O)CCc1ccc(C)cc1. The minimum absolute atomic E-state index is 0.0108. The molecule has 3 aromatic carbocycles. The van der Waals surface area contributed by atoms with E-state index in [1.54, 1.807) is 4.90 Å². The van der Waals surface area contributed by atoms with Crippen LogP contribution >= 0.6 is 0 Å². The average molecular weight is 443 g/mol. The number of amides is 2. The number of hydrogen-bond acceptors (Lipinski definition) is 2. The van der Waals surface area contributed by atoms with Crippen molar-refractivity contribution in [3.63, 3.8) is 0 Å². The Kier molecular flexibility index (Phi) is 8.82. The summed E-state index contributed by atoms with van der Waals surface area (Å²) in [6.07, 6.45) is 1.49. The van der Waals surface area contributed by atoms with Crippen molar-refractivity contribution in [1.29, 1.82) is 0 Å². The number of hydrogen-bond donors (Lipinski definition) is 1. The van der Waals surface area contributed by atoms with Crippen molar-refractivity contribution in [3.8, 4) is 0 Å². The number of likely N-dealkylation sites (N-methyl/N-ethyl adjacent to an activating group) is 1. The van der Waals surface area contributed by atoms with Gasteiger partial charge in [-0.25, -0.2) is 0 Å². The molecule has 0 saturated carbocycles. The van der Waals surface area contributed by atoms with Crippen molar-refractivity contribution in [3.05, 3.63) is 107 Å². The Balaban J connectivity index is 1.87. The van der Waals surface area contributed by atoms with E-state index in [2.05, 4.69) is 36.5 Å². The summed E-state index contributed by atoms with van der Waals surface area (Å²) < 4.78 is 0. The highest BCUT2D eigenvalue weighted by Crippen LogP contribution is 2.17. The molecule has 33 heavy (non-hydrogen) atoms. The lowest BCUT2D eigenvalue weighted by Gasteiger charge is -2.31. The Bertz CT molecular complexity index is 1030. The van der Waals surface area contributed by atoms with Gasteiger partial charge in [0.2, 0.25) is 11.8 Å². The van der Waals surface area contributed by atoms with E-state index in [9.17, 15) is 9.59 Å². The summed E-state index contributed by atoms with van der Waals surface area (Å²) in [6, 6.07) is 25.8. The molecule has 0 aliphatic rings. The van der Waals surface area contributed by atoms with Gasteiger partial charge in [-0.2, -0.15) is 0 Å². The van der Waals surface area contributed by atoms with Crippen molar-refractivity contribution in [1.82, 2.24) is 10.2 Å². The van der Waals surface area contributed by atoms with E-state index >= 15 is 0 Å². The van der Waals surface area contributed by atoms with Gasteiger partial charge in [0.25, 0.3) is 0 Å². The molecule has 0 heterocycles. The molecule has 172 valence electrons. The summed E-state index contributed by atoms with van der Waals surface area (Å²) in [7, 11) is 0. The number of rotatable bonds is 10. The number of benzene rings is 3. The second-order valence-electron chi connectivity index (χ2n) is 8.59. The molecule has 1 atom stereocenters. The molecule has 4 nitrogen and oxygen atoms in total. The van der Waals surface area contributed by atoms with Crippen LogP contribution in [0.2, 0.25) is 0 Å². The van der Waals surface area contributed by atoms with Gasteiger partial charge >= 0.3 is 0 Å². The van der Waals surface area contributed by atoms with Gasteiger partial charge in [-0.05, 0) is 43.9 Å². The monoisotopic (exact) mass is 442 g/mol. The molecule has 0 saturated heterocycles. The summed E-state index contributed by atoms with van der Waals surface area (Å²) >= 11 is 0. The van der Waals surface area contributed by atoms with Crippen LogP contribution < -0.4 is 5.32 Å². The van der Waals surface area contributed by atoms with Crippen molar-refractivity contribution >= 4 is 11.8 Å². The fourth-order valence-corrected chi connectivity index (χ4v) is 3.89. The first kappa shape index (κ1) is 24.2. The van der Waals surface area contributed by atoms with Gasteiger partial charge in [0.15, 0.2) is 0 Å². The Labute approximate surface area is 197 Å². The zero-order valence-corrected chi connectivity index (χ0v) is 19.9. The summed E-state index contributed by atoms with van der Waals surface area (Å²) in [4.78, 5) is 28.4. The van der Waals surface area contributed by atoms with Crippen LogP contribution in [0.4, 0.5) is 0 Å². The third-order valence-electron chi connectivity index (χ3n) is 5.84. The Morgan fingerprint density at radius 3 is 1.94 bits per heavy atom. The van der Waals surface area contributed by atoms with E-state index in [1.807, 2.05) is 68.4 Å². The van der Waals surface area contributed by atoms with Crippen molar-refractivity contribution < 1.29 is 9.59 Å². The van der Waals surface area contributed by atoms with Crippen molar-refractivity contribution in [2.75, 3.05) is 6.54 Å². The minimum atomic E-state index is -0.570. The van der Waals surface area contributed by atoms with Gasteiger partial charge in [0.05, 0.1) is 0 Å². The third-order valence-corrected chi connectivity index (χ3v) is 5.84. The molecule has 1 N–H and O–H groups in total. The summed E-state index contributed by atoms with van der Waals surface area (Å²) in [5.41, 5.74) is 5.55. The lowest BCUT2D eigenvalue weighted by Crippen LogP contribution is -2.50. The second kappa shape index (κ2) is 12.0. The van der Waals surface area contributed by atoms with Gasteiger partial charge in [-0.1, -0.05) is 90.0 Å². The van der Waals surface area contributed by atoms with E-state index in [-0.39, 0.29) is 11.8 Å². The van der Waals surface area contributed by atoms with Gasteiger partial charge in [-0.15, -0.1) is 0 Å². The Morgan fingerprint density at radius 1 is 0.788 bits per heavy atom. The Hall–Kier alpha value is -3.40. The molecule has 0 fully saturated rings. The molecule has 0 aliphatic heterocycles. The van der Waals surface area contributed by atoms with Crippen LogP contribution in [0.3, 0.4) is 0 Å². The molecule has 4 heteroatoms. The fourth-order valence-electron chi connectivity index (χ4n) is 3.89. The predicted molar refractivity (Wildman–Crippen MR) is 134 cm³/mol. The number of nitrogens with one attached hydrogen (secondary N) is 1. The van der Waals surface area contributed by atoms with Crippen LogP contribution in [0.5, 0.6) is 0 Å². The maximum atomic E-state index is 13.5. The molecule has 2 amide bonds. The van der Waals surface area contributed by atoms with Gasteiger partial charge in [-0.3, -0.25) is 9.59 Å². The molecule has 3 rings (SSSR count). The maximum absolute atomic E-state index is 13.5. The highest BCUT2D eigenvalue weighted by Gasteiger charge is 2.29. The molecule has 0 unspecified atom stereocenters. The maximum Gasteiger partial charge on any atom is 0.243 e. The van der Waals surface area contributed by atoms with E-state index in [4.69, 9.17) is 0 Å². The van der Waals surface area contributed by atoms with Crippen LogP contribution in [0.15, 0.2) is 78.9 Å². The lowest BCUT2D eigenvalue weighted by molar-refractivity contribution is -0.141. The summed E-state index contributed by atoms with van der Waals surface area (Å²) in [6.45, 7) is 6.93. The number of carbonyl (C=O) groups is 2. The molecule has 0 aliphatic carbocycles. The zero-order chi connectivity index (χ0) is 23.6. The van der Waals surface area contributed by atoms with Crippen LogP contribution in [-0.4, -0.2) is 29.3 Å². The van der Waals surface area contributed by atoms with Crippen LogP contribution in [0.1, 0.15) is 41.2 Å².